The normalized spacial score (nSPS) is 17.2. The van der Waals surface area contributed by atoms with E-state index < -0.39 is 17.5 Å². The van der Waals surface area contributed by atoms with E-state index in [1.165, 1.54) is 11.3 Å². The van der Waals surface area contributed by atoms with Crippen LogP contribution in [0.3, 0.4) is 0 Å². The predicted molar refractivity (Wildman–Crippen MR) is 224 cm³/mol. The molecule has 3 aromatic carbocycles. The molecular formula is C45H51N5O6S. The molecule has 12 heteroatoms. The number of benzene rings is 3. The summed E-state index contributed by atoms with van der Waals surface area (Å²) in [6.45, 7) is 12.3. The Bertz CT molecular complexity index is 2250. The highest BCUT2D eigenvalue weighted by atomic mass is 32.1. The first-order chi connectivity index (χ1) is 27.3. The summed E-state index contributed by atoms with van der Waals surface area (Å²) in [6.07, 6.45) is 4.69. The first kappa shape index (κ1) is 39.9. The van der Waals surface area contributed by atoms with Gasteiger partial charge in [0.15, 0.2) is 10.8 Å². The molecule has 7 rings (SSSR count). The molecule has 2 atom stereocenters. The third-order valence-corrected chi connectivity index (χ3v) is 11.8. The van der Waals surface area contributed by atoms with Crippen molar-refractivity contribution in [2.24, 2.45) is 5.92 Å². The number of fused-ring (bicyclic) bond motifs is 2. The van der Waals surface area contributed by atoms with E-state index in [1.54, 1.807) is 0 Å². The van der Waals surface area contributed by atoms with E-state index in [0.29, 0.717) is 54.1 Å². The second-order valence-corrected chi connectivity index (χ2v) is 17.2. The number of anilines is 2. The lowest BCUT2D eigenvalue weighted by Gasteiger charge is -2.36. The number of piperidine rings is 1. The van der Waals surface area contributed by atoms with Crippen molar-refractivity contribution in [2.75, 3.05) is 36.5 Å². The molecule has 57 heavy (non-hydrogen) atoms. The van der Waals surface area contributed by atoms with Gasteiger partial charge < -0.3 is 19.5 Å². The number of aryl methyl sites for hydroxylation is 1. The number of likely N-dealkylation sites (tertiary alicyclic amines) is 1. The fourth-order valence-corrected chi connectivity index (χ4v) is 8.84. The molecule has 5 aromatic rings. The van der Waals surface area contributed by atoms with E-state index in [0.717, 1.165) is 70.4 Å². The lowest BCUT2D eigenvalue weighted by molar-refractivity contribution is -0.139. The van der Waals surface area contributed by atoms with Gasteiger partial charge >= 0.3 is 11.9 Å². The highest BCUT2D eigenvalue weighted by Gasteiger charge is 2.29. The van der Waals surface area contributed by atoms with Crippen molar-refractivity contribution in [1.29, 1.82) is 0 Å². The number of aromatic nitrogens is 2. The highest BCUT2D eigenvalue weighted by molar-refractivity contribution is 7.22. The molecular weight excluding hydrogens is 739 g/mol. The van der Waals surface area contributed by atoms with Crippen molar-refractivity contribution < 1.29 is 29.0 Å². The van der Waals surface area contributed by atoms with Crippen LogP contribution in [0.5, 0.6) is 5.75 Å². The molecule has 4 heterocycles. The molecule has 0 aliphatic carbocycles. The molecule has 1 fully saturated rings. The van der Waals surface area contributed by atoms with Crippen LogP contribution in [0.1, 0.15) is 90.9 Å². The second kappa shape index (κ2) is 17.0. The summed E-state index contributed by atoms with van der Waals surface area (Å²) in [5.41, 5.74) is 5.47. The number of ether oxygens (including phenoxy) is 2. The van der Waals surface area contributed by atoms with Gasteiger partial charge in [0, 0.05) is 30.3 Å². The third kappa shape index (κ3) is 9.62. The standard InChI is InChI=1S/C45H51N5O6S/c1-28-24-32(55-23-9-10-30-19-21-49(27-40(51)52)29(2)25-30)15-16-33(28)34-17-18-39(47-41(34)43(54)56-45(3,4)5)50-22-20-31-11-8-12-35(36(31)26-50)42(53)48-44-46-37-13-6-7-14-38(37)57-44/h6-8,11-18,24,29-30H,9-10,19-23,25-27H2,1-5H3,(H,51,52)(H,46,48,53)/t29-,30-/m1/s1. The number of hydrogen-bond acceptors (Lipinski definition) is 10. The summed E-state index contributed by atoms with van der Waals surface area (Å²) in [5, 5.41) is 12.7. The Labute approximate surface area is 338 Å². The smallest absolute Gasteiger partial charge is 0.358 e. The Morgan fingerprint density at radius 3 is 2.54 bits per heavy atom. The second-order valence-electron chi connectivity index (χ2n) is 16.2. The van der Waals surface area contributed by atoms with Crippen molar-refractivity contribution in [3.05, 3.63) is 101 Å². The maximum Gasteiger partial charge on any atom is 0.358 e. The summed E-state index contributed by atoms with van der Waals surface area (Å²) in [5.74, 6) is 0.475. The first-order valence-electron chi connectivity index (χ1n) is 19.8. The zero-order valence-corrected chi connectivity index (χ0v) is 34.2. The topological polar surface area (TPSA) is 134 Å². The molecule has 0 unspecified atom stereocenters. The number of carbonyl (C=O) groups is 3. The van der Waals surface area contributed by atoms with Crippen LogP contribution >= 0.6 is 11.3 Å². The highest BCUT2D eigenvalue weighted by Crippen LogP contribution is 2.34. The summed E-state index contributed by atoms with van der Waals surface area (Å²) >= 11 is 1.45. The van der Waals surface area contributed by atoms with Crippen LogP contribution in [0.15, 0.2) is 72.8 Å². The zero-order chi connectivity index (χ0) is 40.3. The number of nitrogens with zero attached hydrogens (tertiary/aromatic N) is 4. The predicted octanol–water partition coefficient (Wildman–Crippen LogP) is 8.78. The van der Waals surface area contributed by atoms with Gasteiger partial charge in [-0.05, 0) is 144 Å². The molecule has 0 saturated carbocycles. The fourth-order valence-electron chi connectivity index (χ4n) is 7.98. The van der Waals surface area contributed by atoms with Crippen molar-refractivity contribution in [2.45, 2.75) is 84.9 Å². The zero-order valence-electron chi connectivity index (χ0n) is 33.3. The molecule has 2 aliphatic rings. The Morgan fingerprint density at radius 2 is 1.79 bits per heavy atom. The maximum absolute atomic E-state index is 13.8. The number of aliphatic carboxylic acids is 1. The quantitative estimate of drug-likeness (QED) is 0.0934. The van der Waals surface area contributed by atoms with Crippen LogP contribution < -0.4 is 15.0 Å². The number of carboxylic acid groups (broad SMARTS) is 1. The van der Waals surface area contributed by atoms with Crippen LogP contribution in [0.2, 0.25) is 0 Å². The van der Waals surface area contributed by atoms with E-state index in [1.807, 2.05) is 99.3 Å². The summed E-state index contributed by atoms with van der Waals surface area (Å²) in [6, 6.07) is 23.7. The van der Waals surface area contributed by atoms with Crippen molar-refractivity contribution in [3.63, 3.8) is 0 Å². The van der Waals surface area contributed by atoms with Crippen LogP contribution in [-0.2, 0) is 22.5 Å². The molecule has 298 valence electrons. The number of para-hydroxylation sites is 1. The van der Waals surface area contributed by atoms with Crippen molar-refractivity contribution in [1.82, 2.24) is 14.9 Å². The number of rotatable bonds is 12. The molecule has 1 amide bonds. The van der Waals surface area contributed by atoms with Gasteiger partial charge in [0.1, 0.15) is 17.2 Å². The van der Waals surface area contributed by atoms with Gasteiger partial charge in [0.05, 0.1) is 23.4 Å². The lowest BCUT2D eigenvalue weighted by atomic mass is 9.88. The molecule has 0 radical (unpaired) electrons. The van der Waals surface area contributed by atoms with Gasteiger partial charge in [0.25, 0.3) is 5.91 Å². The van der Waals surface area contributed by atoms with Gasteiger partial charge in [-0.3, -0.25) is 19.8 Å². The van der Waals surface area contributed by atoms with E-state index >= 15 is 0 Å². The van der Waals surface area contributed by atoms with Gasteiger partial charge in [-0.15, -0.1) is 0 Å². The minimum Gasteiger partial charge on any atom is -0.494 e. The lowest BCUT2D eigenvalue weighted by Crippen LogP contribution is -2.43. The van der Waals surface area contributed by atoms with E-state index in [4.69, 9.17) is 14.5 Å². The van der Waals surface area contributed by atoms with Crippen molar-refractivity contribution in [3.8, 4) is 16.9 Å². The number of pyridine rings is 1. The number of amides is 1. The molecule has 11 nitrogen and oxygen atoms in total. The van der Waals surface area contributed by atoms with Crippen LogP contribution in [0.4, 0.5) is 10.9 Å². The van der Waals surface area contributed by atoms with E-state index in [-0.39, 0.29) is 24.2 Å². The average molecular weight is 790 g/mol. The molecule has 0 spiro atoms. The molecule has 0 bridgehead atoms. The summed E-state index contributed by atoms with van der Waals surface area (Å²) < 4.78 is 13.1. The Morgan fingerprint density at radius 1 is 0.982 bits per heavy atom. The maximum atomic E-state index is 13.8. The van der Waals surface area contributed by atoms with Gasteiger partial charge in [0.2, 0.25) is 0 Å². The summed E-state index contributed by atoms with van der Waals surface area (Å²) in [7, 11) is 0. The molecule has 2 aromatic heterocycles. The Balaban J connectivity index is 1.05. The average Bonchev–Trinajstić information content (AvgIpc) is 3.58. The number of carbonyl (C=O) groups excluding carboxylic acids is 2. The van der Waals surface area contributed by atoms with Gasteiger partial charge in [-0.1, -0.05) is 41.7 Å². The van der Waals surface area contributed by atoms with Crippen LogP contribution in [0.25, 0.3) is 21.3 Å². The molecule has 1 saturated heterocycles. The first-order valence-corrected chi connectivity index (χ1v) is 20.6. The van der Waals surface area contributed by atoms with Crippen LogP contribution in [-0.4, -0.2) is 75.7 Å². The Kier molecular flexibility index (Phi) is 11.9. The monoisotopic (exact) mass is 789 g/mol. The van der Waals surface area contributed by atoms with Gasteiger partial charge in [-0.25, -0.2) is 14.8 Å². The number of hydrogen-bond donors (Lipinski definition) is 2. The SMILES string of the molecule is Cc1cc(OCCC[C@@H]2CCN(CC(=O)O)[C@H](C)C2)ccc1-c1ccc(N2CCc3cccc(C(=O)Nc4nc5ccccc5s4)c3C2)nc1C(=O)OC(C)(C)C. The number of carboxylic acids is 1. The minimum atomic E-state index is -0.770. The molecule has 2 aliphatic heterocycles. The number of esters is 1. The molecule has 2 N–H and O–H groups in total. The number of thiazole rings is 1. The van der Waals surface area contributed by atoms with Gasteiger partial charge in [-0.2, -0.15) is 0 Å². The Hall–Kier alpha value is -5.33. The third-order valence-electron chi connectivity index (χ3n) is 10.8. The summed E-state index contributed by atoms with van der Waals surface area (Å²) in [4.78, 5) is 52.4. The largest absolute Gasteiger partial charge is 0.494 e. The van der Waals surface area contributed by atoms with E-state index in [9.17, 15) is 19.5 Å². The fraction of sp³-hybridized carbons (Fsp3) is 0.400. The van der Waals surface area contributed by atoms with Crippen LogP contribution in [0, 0.1) is 12.8 Å². The van der Waals surface area contributed by atoms with Crippen molar-refractivity contribution >= 4 is 50.3 Å². The minimum absolute atomic E-state index is 0.106. The van der Waals surface area contributed by atoms with E-state index in [2.05, 4.69) is 28.2 Å². The number of nitrogens with one attached hydrogen (secondary N) is 1.